The summed E-state index contributed by atoms with van der Waals surface area (Å²) in [6.07, 6.45) is 0.0252. The van der Waals surface area contributed by atoms with Crippen molar-refractivity contribution in [3.8, 4) is 0 Å². The molecule has 9 heteroatoms. The van der Waals surface area contributed by atoms with Crippen LogP contribution >= 0.6 is 0 Å². The summed E-state index contributed by atoms with van der Waals surface area (Å²) in [6, 6.07) is 1.34. The molecule has 5 N–H and O–H groups in total. The molecule has 0 bridgehead atoms. The zero-order valence-corrected chi connectivity index (χ0v) is 11.5. The number of anilines is 1. The monoisotopic (exact) mass is 310 g/mol. The third-order valence-corrected chi connectivity index (χ3v) is 4.55. The largest absolute Gasteiger partial charge is 0.399 e. The second kappa shape index (κ2) is 6.00. The average Bonchev–Trinajstić information content (AvgIpc) is 2.34. The van der Waals surface area contributed by atoms with Crippen molar-refractivity contribution in [1.82, 2.24) is 4.72 Å². The molecular formula is C11H16F2N2O4S. The summed E-state index contributed by atoms with van der Waals surface area (Å²) in [5.74, 6) is -2.70. The van der Waals surface area contributed by atoms with Gasteiger partial charge in [0.2, 0.25) is 10.0 Å². The lowest BCUT2D eigenvalue weighted by molar-refractivity contribution is 0.105. The van der Waals surface area contributed by atoms with Gasteiger partial charge >= 0.3 is 0 Å². The van der Waals surface area contributed by atoms with Crippen molar-refractivity contribution in [2.45, 2.75) is 23.8 Å². The highest BCUT2D eigenvalue weighted by Gasteiger charge is 2.35. The number of halogens is 2. The average molecular weight is 310 g/mol. The van der Waals surface area contributed by atoms with E-state index in [2.05, 4.69) is 0 Å². The molecule has 0 spiro atoms. The van der Waals surface area contributed by atoms with Gasteiger partial charge in [0.1, 0.15) is 11.6 Å². The van der Waals surface area contributed by atoms with Crippen molar-refractivity contribution in [3.05, 3.63) is 23.8 Å². The van der Waals surface area contributed by atoms with Crippen molar-refractivity contribution < 1.29 is 27.4 Å². The van der Waals surface area contributed by atoms with Crippen LogP contribution in [0.4, 0.5) is 14.5 Å². The first-order chi connectivity index (χ1) is 9.21. The van der Waals surface area contributed by atoms with E-state index in [0.717, 1.165) is 0 Å². The number of aliphatic hydroxyl groups is 2. The third-order valence-electron chi connectivity index (χ3n) is 2.92. The van der Waals surface area contributed by atoms with Gasteiger partial charge < -0.3 is 15.9 Å². The third kappa shape index (κ3) is 3.23. The Morgan fingerprint density at radius 3 is 2.05 bits per heavy atom. The Morgan fingerprint density at radius 1 is 1.25 bits per heavy atom. The van der Waals surface area contributed by atoms with Crippen LogP contribution in [0, 0.1) is 11.6 Å². The van der Waals surface area contributed by atoms with Gasteiger partial charge in [-0.25, -0.2) is 21.9 Å². The lowest BCUT2D eigenvalue weighted by Crippen LogP contribution is -2.53. The molecule has 0 radical (unpaired) electrons. The maximum absolute atomic E-state index is 13.6. The minimum absolute atomic E-state index is 0.0252. The van der Waals surface area contributed by atoms with Crippen LogP contribution in [0.25, 0.3) is 0 Å². The van der Waals surface area contributed by atoms with E-state index in [4.69, 9.17) is 5.73 Å². The van der Waals surface area contributed by atoms with E-state index in [-0.39, 0.29) is 12.1 Å². The molecule has 0 atom stereocenters. The van der Waals surface area contributed by atoms with Gasteiger partial charge in [-0.1, -0.05) is 6.92 Å². The fourth-order valence-corrected chi connectivity index (χ4v) is 3.16. The van der Waals surface area contributed by atoms with Gasteiger partial charge in [0.25, 0.3) is 0 Å². The number of aliphatic hydroxyl groups excluding tert-OH is 2. The number of hydrogen-bond donors (Lipinski definition) is 4. The number of benzene rings is 1. The molecule has 0 amide bonds. The molecule has 0 aromatic heterocycles. The second-order valence-electron chi connectivity index (χ2n) is 4.37. The van der Waals surface area contributed by atoms with E-state index in [9.17, 15) is 27.4 Å². The van der Waals surface area contributed by atoms with Crippen molar-refractivity contribution in [3.63, 3.8) is 0 Å². The van der Waals surface area contributed by atoms with E-state index >= 15 is 0 Å². The molecule has 114 valence electrons. The highest BCUT2D eigenvalue weighted by Crippen LogP contribution is 2.23. The zero-order valence-electron chi connectivity index (χ0n) is 10.7. The van der Waals surface area contributed by atoms with Crippen molar-refractivity contribution in [2.75, 3.05) is 18.9 Å². The smallest absolute Gasteiger partial charge is 0.247 e. The summed E-state index contributed by atoms with van der Waals surface area (Å²) in [4.78, 5) is -1.20. The second-order valence-corrected chi connectivity index (χ2v) is 5.99. The van der Waals surface area contributed by atoms with Gasteiger partial charge in [-0.15, -0.1) is 0 Å². The molecule has 20 heavy (non-hydrogen) atoms. The van der Waals surface area contributed by atoms with Crippen molar-refractivity contribution >= 4 is 15.7 Å². The molecule has 6 nitrogen and oxygen atoms in total. The van der Waals surface area contributed by atoms with Crippen LogP contribution in [0.2, 0.25) is 0 Å². The van der Waals surface area contributed by atoms with Gasteiger partial charge in [-0.05, 0) is 18.6 Å². The van der Waals surface area contributed by atoms with E-state index < -0.39 is 45.3 Å². The fraction of sp³-hybridized carbons (Fsp3) is 0.455. The number of nitrogen functional groups attached to an aromatic ring is 1. The van der Waals surface area contributed by atoms with Crippen LogP contribution in [0.15, 0.2) is 17.0 Å². The number of nitrogens with two attached hydrogens (primary N) is 1. The van der Waals surface area contributed by atoms with Crippen LogP contribution in [-0.4, -0.2) is 37.4 Å². The molecule has 0 fully saturated rings. The highest BCUT2D eigenvalue weighted by atomic mass is 32.2. The number of rotatable bonds is 6. The molecule has 0 saturated carbocycles. The van der Waals surface area contributed by atoms with Gasteiger partial charge in [-0.2, -0.15) is 0 Å². The Hall–Kier alpha value is -1.29. The van der Waals surface area contributed by atoms with E-state index in [1.54, 1.807) is 0 Å². The first-order valence-corrected chi connectivity index (χ1v) is 7.20. The Morgan fingerprint density at radius 2 is 1.70 bits per heavy atom. The summed E-state index contributed by atoms with van der Waals surface area (Å²) < 4.78 is 53.2. The normalized spacial score (nSPS) is 12.7. The molecule has 1 aromatic rings. The van der Waals surface area contributed by atoms with Crippen LogP contribution in [-0.2, 0) is 10.0 Å². The predicted octanol–water partition coefficient (Wildman–Crippen LogP) is -0.0413. The van der Waals surface area contributed by atoms with E-state index in [1.165, 1.54) is 6.92 Å². The quantitative estimate of drug-likeness (QED) is 0.551. The maximum atomic E-state index is 13.6. The van der Waals surface area contributed by atoms with Crippen molar-refractivity contribution in [1.29, 1.82) is 0 Å². The van der Waals surface area contributed by atoms with Crippen LogP contribution < -0.4 is 10.5 Å². The highest BCUT2D eigenvalue weighted by molar-refractivity contribution is 7.89. The maximum Gasteiger partial charge on any atom is 0.247 e. The Balaban J connectivity index is 3.32. The topological polar surface area (TPSA) is 113 Å². The van der Waals surface area contributed by atoms with Gasteiger partial charge in [-0.3, -0.25) is 0 Å². The summed E-state index contributed by atoms with van der Waals surface area (Å²) >= 11 is 0. The zero-order chi connectivity index (χ0) is 15.6. The molecule has 0 unspecified atom stereocenters. The van der Waals surface area contributed by atoms with Crippen LogP contribution in [0.1, 0.15) is 13.3 Å². The van der Waals surface area contributed by atoms with Crippen LogP contribution in [0.5, 0.6) is 0 Å². The Labute approximate surface area is 115 Å². The van der Waals surface area contributed by atoms with Crippen molar-refractivity contribution in [2.24, 2.45) is 0 Å². The lowest BCUT2D eigenvalue weighted by Gasteiger charge is -2.29. The fourth-order valence-electron chi connectivity index (χ4n) is 1.58. The Kier molecular flexibility index (Phi) is 5.03. The Bertz CT molecular complexity index is 557. The molecule has 0 saturated heterocycles. The molecule has 0 aliphatic heterocycles. The molecule has 1 rings (SSSR count). The minimum atomic E-state index is -4.61. The molecule has 0 aliphatic carbocycles. The van der Waals surface area contributed by atoms with Crippen LogP contribution in [0.3, 0.4) is 0 Å². The van der Waals surface area contributed by atoms with Gasteiger partial charge in [0.15, 0.2) is 4.90 Å². The lowest BCUT2D eigenvalue weighted by atomic mass is 10.0. The molecule has 0 aliphatic rings. The summed E-state index contributed by atoms with van der Waals surface area (Å²) in [5.41, 5.74) is 3.34. The number of hydrogen-bond acceptors (Lipinski definition) is 5. The summed E-state index contributed by atoms with van der Waals surface area (Å²) in [6.45, 7) is 0.0551. The summed E-state index contributed by atoms with van der Waals surface area (Å²) in [7, 11) is -4.61. The minimum Gasteiger partial charge on any atom is -0.399 e. The first-order valence-electron chi connectivity index (χ1n) is 5.71. The van der Waals surface area contributed by atoms with Gasteiger partial charge in [0.05, 0.1) is 18.8 Å². The molecular weight excluding hydrogens is 294 g/mol. The standard InChI is InChI=1S/C11H16F2N2O4S/c1-2-11(5-16,6-17)15-20(18,19)10-8(12)3-7(14)4-9(10)13/h3-4,15-17H,2,5-6,14H2,1H3. The SMILES string of the molecule is CCC(CO)(CO)NS(=O)(=O)c1c(F)cc(N)cc1F. The summed E-state index contributed by atoms with van der Waals surface area (Å²) in [5, 5.41) is 18.4. The van der Waals surface area contributed by atoms with E-state index in [1.807, 2.05) is 4.72 Å². The first kappa shape index (κ1) is 16.8. The molecule has 0 heterocycles. The number of sulfonamides is 1. The predicted molar refractivity (Wildman–Crippen MR) is 68.3 cm³/mol. The molecule has 1 aromatic carbocycles. The number of nitrogens with one attached hydrogen (secondary N) is 1. The van der Waals surface area contributed by atoms with Gasteiger partial charge in [0, 0.05) is 5.69 Å². The van der Waals surface area contributed by atoms with E-state index in [0.29, 0.717) is 12.1 Å².